The number of halogens is 1. The van der Waals surface area contributed by atoms with Crippen molar-refractivity contribution in [1.29, 1.82) is 0 Å². The Bertz CT molecular complexity index is 1320. The van der Waals surface area contributed by atoms with Crippen molar-refractivity contribution in [3.8, 4) is 0 Å². The summed E-state index contributed by atoms with van der Waals surface area (Å²) in [6.07, 6.45) is -0.701. The van der Waals surface area contributed by atoms with E-state index >= 15 is 0 Å². The van der Waals surface area contributed by atoms with Crippen LogP contribution in [0, 0.1) is 26.1 Å². The minimum atomic E-state index is -1.22. The van der Waals surface area contributed by atoms with E-state index < -0.39 is 62.8 Å². The summed E-state index contributed by atoms with van der Waals surface area (Å²) < 4.78 is 18.8. The number of carbonyl (C=O) groups excluding carboxylic acids is 4. The summed E-state index contributed by atoms with van der Waals surface area (Å²) in [6, 6.07) is -2.05. The van der Waals surface area contributed by atoms with E-state index in [0.29, 0.717) is 18.9 Å². The Kier molecular flexibility index (Phi) is 33.2. The standard InChI is InChI=1S/C13H26N6O6.C11H21N5O6.C5H9ClO2.C2H6O/c1-13(2,3)25-12(21)16-9(10(20)18(4)24-5)7-6-8-15-11(14)17-19(22)23;1-11(2,3)22-10(19)14-7(8(17)18)5-4-6-13-9(12)15-16(20)21;1-4(2)3-8-5(6)7;1-3-2/h9H,6-8H2,1-5H3,(H,16,21)(H3,14,15,17);7H,4-6H2,1-3H3,(H,14,19)(H,17,18)(H3,12,13,15);4H,3H2,1-2H3;1-2H3/t9-;7-;;/m00../s1. The molecule has 0 aromatic heterocycles. The van der Waals surface area contributed by atoms with Gasteiger partial charge in [0.25, 0.3) is 17.8 Å². The number of rotatable bonds is 17. The molecule has 0 rings (SSSR count). The number of hydroxylamine groups is 2. The smallest absolute Gasteiger partial charge is 0.408 e. The van der Waals surface area contributed by atoms with Crippen molar-refractivity contribution in [2.45, 2.75) is 104 Å². The topological polar surface area (TPSA) is 366 Å². The first kappa shape index (κ1) is 59.2. The number of hydrogen-bond acceptors (Lipinski definition) is 16. The molecule has 0 aromatic carbocycles. The zero-order valence-electron chi connectivity index (χ0n) is 35.1. The molecule has 0 fully saturated rings. The summed E-state index contributed by atoms with van der Waals surface area (Å²) in [7, 11) is 5.97. The number of hydrazine groups is 2. The number of amides is 3. The van der Waals surface area contributed by atoms with Crippen molar-refractivity contribution in [1.82, 2.24) is 26.5 Å². The molecule has 0 aliphatic heterocycles. The van der Waals surface area contributed by atoms with Gasteiger partial charge in [-0.15, -0.1) is 0 Å². The zero-order valence-corrected chi connectivity index (χ0v) is 35.9. The molecular weight excluding hydrogens is 802 g/mol. The maximum atomic E-state index is 12.2. The second-order valence-corrected chi connectivity index (χ2v) is 14.0. The van der Waals surface area contributed by atoms with Gasteiger partial charge in [0.15, 0.2) is 10.1 Å². The van der Waals surface area contributed by atoms with Crippen LogP contribution in [0.25, 0.3) is 0 Å². The third-order valence-electron chi connectivity index (χ3n) is 5.37. The highest BCUT2D eigenvalue weighted by Gasteiger charge is 2.27. The third-order valence-corrected chi connectivity index (χ3v) is 5.48. The first-order valence-corrected chi connectivity index (χ1v) is 17.6. The van der Waals surface area contributed by atoms with Gasteiger partial charge in [-0.25, -0.2) is 54.5 Å². The van der Waals surface area contributed by atoms with E-state index in [9.17, 15) is 44.2 Å². The first-order chi connectivity index (χ1) is 26.5. The van der Waals surface area contributed by atoms with Crippen LogP contribution in [0.15, 0.2) is 9.98 Å². The molecule has 27 heteroatoms. The van der Waals surface area contributed by atoms with E-state index in [1.165, 1.54) is 14.2 Å². The maximum Gasteiger partial charge on any atom is 0.408 e. The molecule has 0 saturated heterocycles. The number of guanidine groups is 2. The fourth-order valence-corrected chi connectivity index (χ4v) is 3.27. The monoisotopic (exact) mass is 863 g/mol. The SMILES string of the molecule is CC(C)(C)OC(=O)N[C@@H](CCCN=C(N)N[N+](=O)[O-])C(=O)O.CC(C)COC(=O)Cl.COC.CON(C)C(=O)[C@H](CCCN=C(N)N[N+](=O)[O-])NC(=O)OC(C)(C)C. The number of carbonyl (C=O) groups is 5. The van der Waals surface area contributed by atoms with Crippen molar-refractivity contribution in [2.75, 3.05) is 48.1 Å². The number of nitrogens with two attached hydrogens (primary N) is 2. The Hall–Kier alpha value is -5.50. The molecule has 26 nitrogen and oxygen atoms in total. The van der Waals surface area contributed by atoms with Crippen LogP contribution in [0.2, 0.25) is 0 Å². The second kappa shape index (κ2) is 32.6. The Morgan fingerprint density at radius 1 is 0.793 bits per heavy atom. The van der Waals surface area contributed by atoms with Gasteiger partial charge in [0, 0.05) is 46.0 Å². The van der Waals surface area contributed by atoms with Crippen LogP contribution in [0.1, 0.15) is 81.1 Å². The van der Waals surface area contributed by atoms with Gasteiger partial charge in [-0.05, 0) is 73.1 Å². The van der Waals surface area contributed by atoms with Gasteiger partial charge in [0.2, 0.25) is 0 Å². The van der Waals surface area contributed by atoms with Crippen molar-refractivity contribution in [2.24, 2.45) is 27.4 Å². The number of nitrogens with one attached hydrogen (secondary N) is 4. The molecule has 58 heavy (non-hydrogen) atoms. The summed E-state index contributed by atoms with van der Waals surface area (Å²) >= 11 is 4.86. The van der Waals surface area contributed by atoms with Crippen LogP contribution < -0.4 is 33.0 Å². The van der Waals surface area contributed by atoms with Gasteiger partial charge >= 0.3 is 23.6 Å². The largest absolute Gasteiger partial charge is 0.480 e. The Morgan fingerprint density at radius 2 is 1.16 bits per heavy atom. The van der Waals surface area contributed by atoms with E-state index in [2.05, 4.69) is 30.1 Å². The molecule has 0 heterocycles. The Morgan fingerprint density at radius 3 is 1.43 bits per heavy atom. The first-order valence-electron chi connectivity index (χ1n) is 17.2. The van der Waals surface area contributed by atoms with Gasteiger partial charge in [0.05, 0.1) is 13.7 Å². The maximum absolute atomic E-state index is 12.2. The third kappa shape index (κ3) is 43.2. The van der Waals surface area contributed by atoms with E-state index in [-0.39, 0.29) is 44.3 Å². The number of methoxy groups -OCH3 is 1. The van der Waals surface area contributed by atoms with Crippen molar-refractivity contribution in [3.63, 3.8) is 0 Å². The number of ether oxygens (including phenoxy) is 4. The number of nitrogens with zero attached hydrogens (tertiary/aromatic N) is 5. The number of aliphatic carboxylic acids is 1. The molecule has 0 saturated carbocycles. The molecule has 0 aromatic rings. The number of alkyl carbamates (subject to hydrolysis) is 2. The predicted molar refractivity (Wildman–Crippen MR) is 210 cm³/mol. The van der Waals surface area contributed by atoms with E-state index in [0.717, 1.165) is 5.06 Å². The Labute approximate surface area is 342 Å². The molecule has 9 N–H and O–H groups in total. The van der Waals surface area contributed by atoms with Crippen LogP contribution in [0.3, 0.4) is 0 Å². The van der Waals surface area contributed by atoms with Gasteiger partial charge in [-0.1, -0.05) is 24.7 Å². The molecule has 0 bridgehead atoms. The summed E-state index contributed by atoms with van der Waals surface area (Å²) in [5.41, 5.74) is 11.7. The van der Waals surface area contributed by atoms with Gasteiger partial charge in [-0.3, -0.25) is 9.63 Å². The average molecular weight is 864 g/mol. The van der Waals surface area contributed by atoms with Gasteiger partial charge in [0.1, 0.15) is 23.3 Å². The molecule has 0 spiro atoms. The van der Waals surface area contributed by atoms with Crippen LogP contribution in [0.4, 0.5) is 14.4 Å². The summed E-state index contributed by atoms with van der Waals surface area (Å²) in [5, 5.41) is 33.3. The highest BCUT2D eigenvalue weighted by Crippen LogP contribution is 2.10. The summed E-state index contributed by atoms with van der Waals surface area (Å²) in [6.45, 7) is 14.6. The van der Waals surface area contributed by atoms with E-state index in [1.807, 2.05) is 13.8 Å². The molecule has 3 amide bonds. The van der Waals surface area contributed by atoms with Crippen LogP contribution in [0.5, 0.6) is 0 Å². The lowest BCUT2D eigenvalue weighted by atomic mass is 10.1. The van der Waals surface area contributed by atoms with E-state index in [4.69, 9.17) is 42.5 Å². The lowest BCUT2D eigenvalue weighted by molar-refractivity contribution is -0.525. The average Bonchev–Trinajstić information content (AvgIpc) is 3.04. The summed E-state index contributed by atoms with van der Waals surface area (Å²) in [5.74, 6) is -2.06. The number of nitro groups is 2. The molecule has 0 aliphatic rings. The molecule has 0 radical (unpaired) electrons. The molecule has 338 valence electrons. The lowest BCUT2D eigenvalue weighted by Crippen LogP contribution is -2.48. The van der Waals surface area contributed by atoms with E-state index in [1.54, 1.807) is 66.6 Å². The minimum Gasteiger partial charge on any atom is -0.480 e. The fraction of sp³-hybridized carbons (Fsp3) is 0.774. The summed E-state index contributed by atoms with van der Waals surface area (Å²) in [4.78, 5) is 89.0. The molecule has 2 atom stereocenters. The highest BCUT2D eigenvalue weighted by atomic mass is 35.5. The normalized spacial score (nSPS) is 12.2. The highest BCUT2D eigenvalue weighted by molar-refractivity contribution is 6.61. The number of likely N-dealkylation sites (N-methyl/N-ethyl adjacent to an activating group) is 1. The van der Waals surface area contributed by atoms with Gasteiger partial charge < -0.3 is 46.2 Å². The zero-order chi connectivity index (χ0) is 46.2. The Balaban J connectivity index is -0.000000401. The minimum absolute atomic E-state index is 0.0732. The van der Waals surface area contributed by atoms with Crippen molar-refractivity contribution < 1.29 is 62.9 Å². The van der Waals surface area contributed by atoms with Gasteiger partial charge in [-0.2, -0.15) is 0 Å². The second-order valence-electron chi connectivity index (χ2n) is 13.7. The van der Waals surface area contributed by atoms with Crippen LogP contribution in [-0.4, -0.2) is 133 Å². The fourth-order valence-electron chi connectivity index (χ4n) is 3.20. The quantitative estimate of drug-likeness (QED) is 0.0209. The lowest BCUT2D eigenvalue weighted by Gasteiger charge is -2.25. The number of aliphatic imine (C=N–C) groups is 2. The van der Waals surface area contributed by atoms with Crippen molar-refractivity contribution >= 4 is 53.0 Å². The number of hydrogen-bond donors (Lipinski definition) is 7. The number of carboxylic acid groups (broad SMARTS) is 1. The molecule has 0 aliphatic carbocycles. The molecule has 0 unspecified atom stereocenters. The van der Waals surface area contributed by atoms with Crippen molar-refractivity contribution in [3.05, 3.63) is 20.2 Å². The van der Waals surface area contributed by atoms with Crippen LogP contribution >= 0.6 is 11.6 Å². The number of carboxylic acids is 1. The van der Waals surface area contributed by atoms with Crippen LogP contribution in [-0.2, 0) is 33.4 Å². The molecular formula is C31H62ClN11O15. The predicted octanol–water partition coefficient (Wildman–Crippen LogP) is 1.90.